The minimum Gasteiger partial charge on any atom is -0.496 e. The zero-order valence-corrected chi connectivity index (χ0v) is 25.5. The van der Waals surface area contributed by atoms with Gasteiger partial charge in [0.15, 0.2) is 0 Å². The van der Waals surface area contributed by atoms with Gasteiger partial charge in [-0.25, -0.2) is 9.18 Å². The number of urea groups is 1. The molecule has 2 aliphatic heterocycles. The molecule has 3 aromatic rings. The molecule has 13 heteroatoms. The predicted octanol–water partition coefficient (Wildman–Crippen LogP) is 4.45. The molecule has 0 spiro atoms. The lowest BCUT2D eigenvalue weighted by molar-refractivity contribution is -0.138. The van der Waals surface area contributed by atoms with E-state index < -0.39 is 35.7 Å². The Bertz CT molecular complexity index is 1610. The summed E-state index contributed by atoms with van der Waals surface area (Å²) >= 11 is 13.6. The SMILES string of the molecule is COc1cc(-c2cccc(-c3cccc(NC(=O)C4CNC(=O)N(C)C4=O)c3Cl)c2Cl)cc(F)c1CN[C@@H]1CCOC[C@@H]1O. The molecule has 10 nitrogen and oxygen atoms in total. The molecule has 4 amide bonds. The zero-order chi connectivity index (χ0) is 31.5. The van der Waals surface area contributed by atoms with Crippen LogP contribution in [-0.4, -0.2) is 73.9 Å². The van der Waals surface area contributed by atoms with Crippen LogP contribution in [0.3, 0.4) is 0 Å². The average Bonchev–Trinajstić information content (AvgIpc) is 3.01. The first kappa shape index (κ1) is 31.7. The summed E-state index contributed by atoms with van der Waals surface area (Å²) in [5.74, 6) is -2.55. The van der Waals surface area contributed by atoms with E-state index >= 15 is 4.39 Å². The second kappa shape index (κ2) is 13.5. The lowest BCUT2D eigenvalue weighted by Gasteiger charge is -2.29. The molecule has 2 saturated heterocycles. The number of amides is 4. The topological polar surface area (TPSA) is 129 Å². The molecule has 0 saturated carbocycles. The van der Waals surface area contributed by atoms with Gasteiger partial charge in [-0.3, -0.25) is 14.5 Å². The summed E-state index contributed by atoms with van der Waals surface area (Å²) in [5.41, 5.74) is 2.60. The fourth-order valence-electron chi connectivity index (χ4n) is 5.27. The highest BCUT2D eigenvalue weighted by Gasteiger charge is 2.37. The number of carbonyl (C=O) groups is 3. The van der Waals surface area contributed by atoms with Gasteiger partial charge in [0.1, 0.15) is 17.5 Å². The van der Waals surface area contributed by atoms with Gasteiger partial charge in [0.2, 0.25) is 11.8 Å². The molecular weight excluding hydrogens is 614 g/mol. The van der Waals surface area contributed by atoms with Crippen molar-refractivity contribution in [2.45, 2.75) is 25.1 Å². The predicted molar refractivity (Wildman–Crippen MR) is 164 cm³/mol. The number of halogens is 3. The van der Waals surface area contributed by atoms with Gasteiger partial charge in [-0.15, -0.1) is 0 Å². The van der Waals surface area contributed by atoms with Gasteiger partial charge < -0.3 is 30.5 Å². The molecule has 2 fully saturated rings. The molecule has 1 unspecified atom stereocenters. The molecule has 0 radical (unpaired) electrons. The number of aliphatic hydroxyl groups excluding tert-OH is 1. The molecular formula is C31H31Cl2FN4O6. The smallest absolute Gasteiger partial charge is 0.323 e. The molecule has 3 atom stereocenters. The van der Waals surface area contributed by atoms with E-state index in [4.69, 9.17) is 32.7 Å². The first-order chi connectivity index (χ1) is 21.1. The van der Waals surface area contributed by atoms with Gasteiger partial charge in [-0.2, -0.15) is 0 Å². The maximum absolute atomic E-state index is 15.5. The molecule has 44 heavy (non-hydrogen) atoms. The summed E-state index contributed by atoms with van der Waals surface area (Å²) in [6.45, 7) is 0.750. The third-order valence-electron chi connectivity index (χ3n) is 7.81. The van der Waals surface area contributed by atoms with Gasteiger partial charge in [0.25, 0.3) is 0 Å². The third kappa shape index (κ3) is 6.38. The molecule has 0 aromatic heterocycles. The minimum absolute atomic E-state index is 0.134. The minimum atomic E-state index is -1.12. The van der Waals surface area contributed by atoms with Crippen LogP contribution in [0.2, 0.25) is 10.0 Å². The number of nitrogens with one attached hydrogen (secondary N) is 3. The van der Waals surface area contributed by atoms with E-state index in [-0.39, 0.29) is 36.4 Å². The average molecular weight is 646 g/mol. The number of rotatable bonds is 8. The monoisotopic (exact) mass is 644 g/mol. The highest BCUT2D eigenvalue weighted by Crippen LogP contribution is 2.42. The van der Waals surface area contributed by atoms with Crippen LogP contribution in [0.25, 0.3) is 22.3 Å². The largest absolute Gasteiger partial charge is 0.496 e. The van der Waals surface area contributed by atoms with Gasteiger partial charge in [0, 0.05) is 55.0 Å². The molecule has 232 valence electrons. The van der Waals surface area contributed by atoms with Crippen molar-refractivity contribution in [1.29, 1.82) is 0 Å². The molecule has 0 aliphatic carbocycles. The van der Waals surface area contributed by atoms with E-state index in [1.54, 1.807) is 42.5 Å². The Labute approximate surface area is 263 Å². The fraction of sp³-hybridized carbons (Fsp3) is 0.323. The van der Waals surface area contributed by atoms with Crippen LogP contribution in [0, 0.1) is 11.7 Å². The van der Waals surface area contributed by atoms with Gasteiger partial charge in [-0.05, 0) is 30.2 Å². The van der Waals surface area contributed by atoms with Crippen LogP contribution < -0.4 is 20.7 Å². The Kier molecular flexibility index (Phi) is 9.72. The maximum atomic E-state index is 15.5. The number of benzene rings is 3. The van der Waals surface area contributed by atoms with Crippen molar-refractivity contribution in [2.75, 3.05) is 39.2 Å². The van der Waals surface area contributed by atoms with Crippen molar-refractivity contribution in [3.63, 3.8) is 0 Å². The van der Waals surface area contributed by atoms with Gasteiger partial charge in [-0.1, -0.05) is 53.5 Å². The number of carbonyl (C=O) groups excluding carboxylic acids is 3. The molecule has 5 rings (SSSR count). The van der Waals surface area contributed by atoms with E-state index in [9.17, 15) is 19.5 Å². The fourth-order valence-corrected chi connectivity index (χ4v) is 5.88. The Morgan fingerprint density at radius 1 is 1.14 bits per heavy atom. The van der Waals surface area contributed by atoms with Gasteiger partial charge in [0.05, 0.1) is 35.6 Å². The van der Waals surface area contributed by atoms with Crippen LogP contribution in [0.5, 0.6) is 5.75 Å². The summed E-state index contributed by atoms with van der Waals surface area (Å²) in [7, 11) is 2.75. The zero-order valence-electron chi connectivity index (χ0n) is 24.0. The second-order valence-corrected chi connectivity index (χ2v) is 11.3. The van der Waals surface area contributed by atoms with E-state index in [0.29, 0.717) is 51.6 Å². The number of ether oxygens (including phenoxy) is 2. The van der Waals surface area contributed by atoms with Gasteiger partial charge >= 0.3 is 6.03 Å². The Balaban J connectivity index is 1.41. The quantitative estimate of drug-likeness (QED) is 0.267. The molecule has 2 aliphatic rings. The van der Waals surface area contributed by atoms with Crippen molar-refractivity contribution in [1.82, 2.24) is 15.5 Å². The summed E-state index contributed by atoms with van der Waals surface area (Å²) in [6, 6.07) is 12.5. The number of hydrogen-bond acceptors (Lipinski definition) is 7. The highest BCUT2D eigenvalue weighted by atomic mass is 35.5. The normalized spacial score (nSPS) is 20.3. The lowest BCUT2D eigenvalue weighted by atomic mass is 9.96. The van der Waals surface area contributed by atoms with Crippen molar-refractivity contribution in [2.24, 2.45) is 5.92 Å². The summed E-state index contributed by atoms with van der Waals surface area (Å²) in [4.78, 5) is 38.0. The molecule has 0 bridgehead atoms. The maximum Gasteiger partial charge on any atom is 0.323 e. The van der Waals surface area contributed by atoms with E-state index in [1.165, 1.54) is 20.2 Å². The number of nitrogens with zero attached hydrogens (tertiary/aromatic N) is 1. The summed E-state index contributed by atoms with van der Waals surface area (Å²) in [6.07, 6.45) is -0.0794. The number of aliphatic hydroxyl groups is 1. The Hall–Kier alpha value is -3.74. The van der Waals surface area contributed by atoms with Crippen LogP contribution in [-0.2, 0) is 20.9 Å². The molecule has 2 heterocycles. The van der Waals surface area contributed by atoms with E-state index in [2.05, 4.69) is 16.0 Å². The molecule has 3 aromatic carbocycles. The van der Waals surface area contributed by atoms with Crippen molar-refractivity contribution in [3.8, 4) is 28.0 Å². The summed E-state index contributed by atoms with van der Waals surface area (Å²) < 4.78 is 26.3. The first-order valence-electron chi connectivity index (χ1n) is 13.9. The Morgan fingerprint density at radius 2 is 1.84 bits per heavy atom. The van der Waals surface area contributed by atoms with Crippen LogP contribution in [0.4, 0.5) is 14.9 Å². The molecule has 4 N–H and O–H groups in total. The van der Waals surface area contributed by atoms with Crippen LogP contribution in [0.15, 0.2) is 48.5 Å². The number of imide groups is 1. The third-order valence-corrected chi connectivity index (χ3v) is 8.62. The van der Waals surface area contributed by atoms with Crippen LogP contribution in [0.1, 0.15) is 12.0 Å². The lowest BCUT2D eigenvalue weighted by Crippen LogP contribution is -2.56. The first-order valence-corrected chi connectivity index (χ1v) is 14.7. The summed E-state index contributed by atoms with van der Waals surface area (Å²) in [5, 5.41) is 19.0. The van der Waals surface area contributed by atoms with Crippen molar-refractivity contribution in [3.05, 3.63) is 70.0 Å². The number of anilines is 1. The van der Waals surface area contributed by atoms with E-state index in [0.717, 1.165) is 4.90 Å². The number of hydrogen-bond donors (Lipinski definition) is 4. The number of methoxy groups -OCH3 is 1. The second-order valence-electron chi connectivity index (χ2n) is 10.5. The van der Waals surface area contributed by atoms with Crippen molar-refractivity contribution >= 4 is 46.7 Å². The standard InChI is InChI=1S/C31H31Cl2FN4O6/c1-38-30(41)21(14-36-31(38)42)29(40)37-24-8-4-7-19(28(24)33)18-6-3-5-17(27(18)32)16-11-22(34)20(26(12-16)43-2)13-35-23-9-10-44-15-25(23)39/h3-8,11-12,21,23,25,35,39H,9-10,13-15H2,1-2H3,(H,36,42)(H,37,40)/t21?,23-,25+/m1/s1. The van der Waals surface area contributed by atoms with Crippen LogP contribution >= 0.6 is 23.2 Å². The van der Waals surface area contributed by atoms with E-state index in [1.807, 2.05) is 0 Å². The van der Waals surface area contributed by atoms with Crippen molar-refractivity contribution < 1.29 is 33.4 Å². The Morgan fingerprint density at radius 3 is 2.57 bits per heavy atom. The highest BCUT2D eigenvalue weighted by molar-refractivity contribution is 6.39.